The van der Waals surface area contributed by atoms with Gasteiger partial charge in [0, 0.05) is 30.5 Å². The Morgan fingerprint density at radius 3 is 3.00 bits per heavy atom. The number of aromatic nitrogens is 2. The van der Waals surface area contributed by atoms with Crippen molar-refractivity contribution >= 4 is 27.0 Å². The van der Waals surface area contributed by atoms with Gasteiger partial charge in [-0.05, 0) is 40.9 Å². The molecule has 0 aliphatic heterocycles. The zero-order chi connectivity index (χ0) is 11.8. The summed E-state index contributed by atoms with van der Waals surface area (Å²) in [5.74, 6) is 1.15. The highest BCUT2D eigenvalue weighted by Crippen LogP contribution is 2.24. The number of rotatable bonds is 4. The zero-order valence-electron chi connectivity index (χ0n) is 9.91. The Bertz CT molecular complexity index is 543. The van der Waals surface area contributed by atoms with Crippen LogP contribution in [0.1, 0.15) is 18.7 Å². The summed E-state index contributed by atoms with van der Waals surface area (Å²) < 4.78 is 3.31. The molecule has 0 amide bonds. The van der Waals surface area contributed by atoms with Crippen molar-refractivity contribution < 1.29 is 0 Å². The van der Waals surface area contributed by atoms with Crippen LogP contribution in [0.25, 0.3) is 11.0 Å². The minimum Gasteiger partial charge on any atom is -0.330 e. The quantitative estimate of drug-likeness (QED) is 0.939. The van der Waals surface area contributed by atoms with Gasteiger partial charge < -0.3 is 9.88 Å². The highest BCUT2D eigenvalue weighted by molar-refractivity contribution is 9.10. The van der Waals surface area contributed by atoms with Gasteiger partial charge in [0.25, 0.3) is 0 Å². The van der Waals surface area contributed by atoms with Gasteiger partial charge in [-0.3, -0.25) is 0 Å². The van der Waals surface area contributed by atoms with Gasteiger partial charge in [-0.15, -0.1) is 0 Å². The van der Waals surface area contributed by atoms with E-state index in [1.165, 1.54) is 18.4 Å². The van der Waals surface area contributed by atoms with Crippen molar-refractivity contribution in [2.45, 2.75) is 25.3 Å². The third-order valence-corrected chi connectivity index (χ3v) is 3.94. The average molecular weight is 294 g/mol. The van der Waals surface area contributed by atoms with Crippen molar-refractivity contribution in [2.24, 2.45) is 7.05 Å². The molecule has 0 unspecified atom stereocenters. The summed E-state index contributed by atoms with van der Waals surface area (Å²) in [6.45, 7) is 1.03. The molecule has 0 bridgehead atoms. The second kappa shape index (κ2) is 4.42. The first-order chi connectivity index (χ1) is 8.25. The van der Waals surface area contributed by atoms with Gasteiger partial charge >= 0.3 is 0 Å². The molecule has 0 radical (unpaired) electrons. The zero-order valence-corrected chi connectivity index (χ0v) is 11.5. The molecule has 1 saturated carbocycles. The van der Waals surface area contributed by atoms with E-state index in [0.29, 0.717) is 0 Å². The van der Waals surface area contributed by atoms with Crippen LogP contribution in [0.5, 0.6) is 0 Å². The molecule has 1 fully saturated rings. The van der Waals surface area contributed by atoms with E-state index in [9.17, 15) is 0 Å². The molecule has 1 heterocycles. The smallest absolute Gasteiger partial charge is 0.110 e. The Hall–Kier alpha value is -0.870. The Morgan fingerprint density at radius 2 is 2.29 bits per heavy atom. The number of imidazole rings is 1. The van der Waals surface area contributed by atoms with Crippen molar-refractivity contribution in [3.05, 3.63) is 28.5 Å². The molecule has 4 heteroatoms. The van der Waals surface area contributed by atoms with Gasteiger partial charge in [0.05, 0.1) is 11.0 Å². The Morgan fingerprint density at radius 1 is 1.47 bits per heavy atom. The molecule has 1 aromatic heterocycles. The van der Waals surface area contributed by atoms with E-state index in [-0.39, 0.29) is 0 Å². The van der Waals surface area contributed by atoms with Crippen molar-refractivity contribution in [3.8, 4) is 0 Å². The first-order valence-electron chi connectivity index (χ1n) is 6.09. The summed E-state index contributed by atoms with van der Waals surface area (Å²) in [7, 11) is 2.09. The number of para-hydroxylation sites is 1. The standard InChI is InChI=1S/C13H16BrN3/c1-17-12(7-8-15-9-5-6-9)16-11-4-2-3-10(14)13(11)17/h2-4,9,15H,5-8H2,1H3. The fraction of sp³-hybridized carbons (Fsp3) is 0.462. The fourth-order valence-electron chi connectivity index (χ4n) is 2.17. The van der Waals surface area contributed by atoms with E-state index in [4.69, 9.17) is 0 Å². The molecule has 17 heavy (non-hydrogen) atoms. The highest BCUT2D eigenvalue weighted by atomic mass is 79.9. The first-order valence-corrected chi connectivity index (χ1v) is 6.88. The summed E-state index contributed by atoms with van der Waals surface area (Å²) in [5.41, 5.74) is 2.26. The number of hydrogen-bond acceptors (Lipinski definition) is 2. The minimum atomic E-state index is 0.774. The summed E-state index contributed by atoms with van der Waals surface area (Å²) in [6, 6.07) is 6.94. The number of nitrogens with zero attached hydrogens (tertiary/aromatic N) is 2. The van der Waals surface area contributed by atoms with Crippen LogP contribution in [0.3, 0.4) is 0 Å². The van der Waals surface area contributed by atoms with E-state index < -0.39 is 0 Å². The van der Waals surface area contributed by atoms with E-state index >= 15 is 0 Å². The predicted octanol–water partition coefficient (Wildman–Crippen LogP) is 2.63. The molecule has 1 aliphatic carbocycles. The monoisotopic (exact) mass is 293 g/mol. The van der Waals surface area contributed by atoms with Crippen molar-refractivity contribution in [2.75, 3.05) is 6.54 Å². The van der Waals surface area contributed by atoms with Crippen molar-refractivity contribution in [1.29, 1.82) is 0 Å². The summed E-state index contributed by atoms with van der Waals surface area (Å²) >= 11 is 3.59. The molecular formula is C13H16BrN3. The normalized spacial score (nSPS) is 15.6. The van der Waals surface area contributed by atoms with E-state index in [1.54, 1.807) is 0 Å². The van der Waals surface area contributed by atoms with Crippen LogP contribution in [-0.4, -0.2) is 22.1 Å². The lowest BCUT2D eigenvalue weighted by atomic mass is 10.3. The summed E-state index contributed by atoms with van der Waals surface area (Å²) in [5, 5.41) is 3.53. The summed E-state index contributed by atoms with van der Waals surface area (Å²) in [6.07, 6.45) is 3.68. The van der Waals surface area contributed by atoms with E-state index in [2.05, 4.69) is 50.0 Å². The molecule has 1 aromatic carbocycles. The second-order valence-corrected chi connectivity index (χ2v) is 5.53. The average Bonchev–Trinajstić information content (AvgIpc) is 3.06. The van der Waals surface area contributed by atoms with Crippen LogP contribution in [0.15, 0.2) is 22.7 Å². The van der Waals surface area contributed by atoms with Gasteiger partial charge in [0.15, 0.2) is 0 Å². The maximum absolute atomic E-state index is 4.68. The largest absolute Gasteiger partial charge is 0.330 e. The molecule has 90 valence electrons. The van der Waals surface area contributed by atoms with Crippen LogP contribution in [-0.2, 0) is 13.5 Å². The maximum Gasteiger partial charge on any atom is 0.110 e. The number of halogens is 1. The predicted molar refractivity (Wildman–Crippen MR) is 73.1 cm³/mol. The van der Waals surface area contributed by atoms with Crippen LogP contribution < -0.4 is 5.32 Å². The van der Waals surface area contributed by atoms with Crippen LogP contribution in [0.4, 0.5) is 0 Å². The molecular weight excluding hydrogens is 278 g/mol. The molecule has 2 aromatic rings. The van der Waals surface area contributed by atoms with Gasteiger partial charge in [-0.1, -0.05) is 6.07 Å². The van der Waals surface area contributed by atoms with Gasteiger partial charge in [0.2, 0.25) is 0 Å². The highest BCUT2D eigenvalue weighted by Gasteiger charge is 2.20. The number of hydrogen-bond donors (Lipinski definition) is 1. The van der Waals surface area contributed by atoms with Gasteiger partial charge in [-0.25, -0.2) is 4.98 Å². The van der Waals surface area contributed by atoms with Crippen LogP contribution in [0.2, 0.25) is 0 Å². The molecule has 3 rings (SSSR count). The Labute approximate surface area is 109 Å². The lowest BCUT2D eigenvalue weighted by molar-refractivity contribution is 0.654. The van der Waals surface area contributed by atoms with Gasteiger partial charge in [0.1, 0.15) is 5.82 Å². The number of nitrogens with one attached hydrogen (secondary N) is 1. The third kappa shape index (κ3) is 2.24. The van der Waals surface area contributed by atoms with Crippen LogP contribution in [0, 0.1) is 0 Å². The van der Waals surface area contributed by atoms with Crippen molar-refractivity contribution in [1.82, 2.24) is 14.9 Å². The first kappa shape index (κ1) is 11.2. The number of aryl methyl sites for hydroxylation is 1. The molecule has 1 aliphatic rings. The third-order valence-electron chi connectivity index (χ3n) is 3.30. The Balaban J connectivity index is 1.83. The fourth-order valence-corrected chi connectivity index (χ4v) is 2.79. The molecule has 3 nitrogen and oxygen atoms in total. The minimum absolute atomic E-state index is 0.774. The maximum atomic E-state index is 4.68. The van der Waals surface area contributed by atoms with Gasteiger partial charge in [-0.2, -0.15) is 0 Å². The molecule has 1 N–H and O–H groups in total. The van der Waals surface area contributed by atoms with Crippen LogP contribution >= 0.6 is 15.9 Å². The van der Waals surface area contributed by atoms with E-state index in [0.717, 1.165) is 34.8 Å². The summed E-state index contributed by atoms with van der Waals surface area (Å²) in [4.78, 5) is 4.68. The number of benzene rings is 1. The lowest BCUT2D eigenvalue weighted by Crippen LogP contribution is -2.20. The second-order valence-electron chi connectivity index (χ2n) is 4.67. The SMILES string of the molecule is Cn1c(CCNC2CC2)nc2cccc(Br)c21. The molecule has 0 spiro atoms. The lowest BCUT2D eigenvalue weighted by Gasteiger charge is -2.04. The topological polar surface area (TPSA) is 29.9 Å². The molecule has 0 atom stereocenters. The van der Waals surface area contributed by atoms with Crippen molar-refractivity contribution in [3.63, 3.8) is 0 Å². The number of fused-ring (bicyclic) bond motifs is 1. The van der Waals surface area contributed by atoms with E-state index in [1.807, 2.05) is 6.07 Å². The Kier molecular flexibility index (Phi) is 2.92. The molecule has 0 saturated heterocycles.